The summed E-state index contributed by atoms with van der Waals surface area (Å²) in [6.07, 6.45) is 121. The van der Waals surface area contributed by atoms with Crippen molar-refractivity contribution in [3.63, 3.8) is 0 Å². The highest BCUT2D eigenvalue weighted by Gasteiger charge is 2.16. The molecule has 1 atom stereocenters. The molecule has 0 aromatic carbocycles. The largest absolute Gasteiger partial charge is 0.462 e. The Bertz CT molecular complexity index is 1940. The maximum absolute atomic E-state index is 12.4. The van der Waals surface area contributed by atoms with E-state index >= 15 is 0 Å². The molecule has 0 spiro atoms. The van der Waals surface area contributed by atoms with E-state index < -0.39 is 6.10 Å². The second kappa shape index (κ2) is 78.5. The van der Waals surface area contributed by atoms with Gasteiger partial charge >= 0.3 is 11.9 Å². The molecule has 90 heavy (non-hydrogen) atoms. The van der Waals surface area contributed by atoms with Crippen molar-refractivity contribution in [3.05, 3.63) is 170 Å². The average Bonchev–Trinajstić information content (AvgIpc) is 3.60. The molecular formula is C85H140O5. The standard InChI is InChI=1S/C85H140O5/c1-3-5-7-9-11-13-15-17-19-21-23-25-27-29-31-33-35-37-39-40-41-42-43-44-46-48-50-52-54-56-58-60-62-64-66-68-70-72-74-76-78-80-85(88)90-83(81-86)82-89-84(87)79-77-75-73-71-69-67-65-63-61-59-57-55-53-51-49-47-45-38-36-34-32-30-28-26-24-22-20-18-16-14-12-10-8-6-4-2/h5-8,11-14,17-20,23-26,29,31,35,37,40-41,43-44,48,50,54,56,83,86H,3-4,9-10,15-16,21-22,27-28,30,32-34,36,38-39,42,45-47,49,51-53,55,57-82H2,1-2H3/b7-5-,8-6-,13-11-,14-12-,19-17-,20-18-,25-23-,26-24-,31-29-,37-35-,41-40-,44-43-,50-48-,56-54-. The summed E-state index contributed by atoms with van der Waals surface area (Å²) >= 11 is 0. The molecule has 0 amide bonds. The van der Waals surface area contributed by atoms with Gasteiger partial charge in [0.1, 0.15) is 6.61 Å². The summed E-state index contributed by atoms with van der Waals surface area (Å²) in [6.45, 7) is 3.93. The maximum atomic E-state index is 12.4. The highest BCUT2D eigenvalue weighted by atomic mass is 16.6. The lowest BCUT2D eigenvalue weighted by Crippen LogP contribution is -2.28. The zero-order chi connectivity index (χ0) is 64.7. The van der Waals surface area contributed by atoms with Gasteiger partial charge in [-0.2, -0.15) is 0 Å². The molecule has 0 aliphatic rings. The minimum absolute atomic E-state index is 0.0724. The fourth-order valence-corrected chi connectivity index (χ4v) is 10.5. The summed E-state index contributed by atoms with van der Waals surface area (Å²) in [5, 5.41) is 9.72. The van der Waals surface area contributed by atoms with Crippen LogP contribution in [0.3, 0.4) is 0 Å². The molecule has 0 aliphatic carbocycles. The quantitative estimate of drug-likeness (QED) is 0.0373. The Morgan fingerprint density at radius 2 is 0.444 bits per heavy atom. The number of carbonyl (C=O) groups is 2. The van der Waals surface area contributed by atoms with Gasteiger partial charge < -0.3 is 14.6 Å². The van der Waals surface area contributed by atoms with Gasteiger partial charge in [-0.1, -0.05) is 364 Å². The first-order chi connectivity index (χ1) is 44.6. The summed E-state index contributed by atoms with van der Waals surface area (Å²) in [5.74, 6) is -0.591. The fourth-order valence-electron chi connectivity index (χ4n) is 10.5. The molecule has 510 valence electrons. The second-order valence-corrected chi connectivity index (χ2v) is 24.6. The Hall–Kier alpha value is -4.74. The number of allylic oxidation sites excluding steroid dienone is 28. The van der Waals surface area contributed by atoms with E-state index in [0.717, 1.165) is 128 Å². The van der Waals surface area contributed by atoms with Gasteiger partial charge in [-0.05, 0) is 128 Å². The summed E-state index contributed by atoms with van der Waals surface area (Å²) in [7, 11) is 0. The van der Waals surface area contributed by atoms with Gasteiger partial charge in [0.15, 0.2) is 6.10 Å². The maximum Gasteiger partial charge on any atom is 0.306 e. The van der Waals surface area contributed by atoms with Gasteiger partial charge in [0.05, 0.1) is 6.61 Å². The van der Waals surface area contributed by atoms with Crippen molar-refractivity contribution in [2.45, 2.75) is 341 Å². The van der Waals surface area contributed by atoms with Gasteiger partial charge in [0.2, 0.25) is 0 Å². The van der Waals surface area contributed by atoms with Crippen LogP contribution in [0.25, 0.3) is 0 Å². The van der Waals surface area contributed by atoms with Gasteiger partial charge in [-0.3, -0.25) is 9.59 Å². The lowest BCUT2D eigenvalue weighted by atomic mass is 10.0. The number of rotatable bonds is 68. The van der Waals surface area contributed by atoms with Crippen LogP contribution < -0.4 is 0 Å². The minimum Gasteiger partial charge on any atom is -0.462 e. The molecule has 0 aliphatic heterocycles. The number of esters is 2. The minimum atomic E-state index is -0.785. The Labute approximate surface area is 557 Å². The van der Waals surface area contributed by atoms with Crippen LogP contribution in [0.4, 0.5) is 0 Å². The summed E-state index contributed by atoms with van der Waals surface area (Å²) in [5.41, 5.74) is 0. The van der Waals surface area contributed by atoms with E-state index in [4.69, 9.17) is 9.47 Å². The Morgan fingerprint density at radius 3 is 0.667 bits per heavy atom. The molecule has 1 unspecified atom stereocenters. The van der Waals surface area contributed by atoms with Crippen LogP contribution in [0.2, 0.25) is 0 Å². The number of carbonyl (C=O) groups excluding carboxylic acids is 2. The Morgan fingerprint density at radius 1 is 0.256 bits per heavy atom. The first-order valence-corrected chi connectivity index (χ1v) is 37.7. The predicted octanol–water partition coefficient (Wildman–Crippen LogP) is 26.8. The topological polar surface area (TPSA) is 72.8 Å². The van der Waals surface area contributed by atoms with E-state index in [2.05, 4.69) is 184 Å². The first kappa shape index (κ1) is 85.3. The summed E-state index contributed by atoms with van der Waals surface area (Å²) < 4.78 is 10.8. The smallest absolute Gasteiger partial charge is 0.306 e. The van der Waals surface area contributed by atoms with Crippen molar-refractivity contribution in [3.8, 4) is 0 Å². The van der Waals surface area contributed by atoms with Crippen molar-refractivity contribution in [2.24, 2.45) is 0 Å². The fraction of sp³-hybridized carbons (Fsp3) is 0.647. The molecule has 5 nitrogen and oxygen atoms in total. The molecule has 0 fully saturated rings. The van der Waals surface area contributed by atoms with Crippen LogP contribution in [0.1, 0.15) is 335 Å². The zero-order valence-electron chi connectivity index (χ0n) is 58.6. The van der Waals surface area contributed by atoms with Crippen molar-refractivity contribution in [1.29, 1.82) is 0 Å². The van der Waals surface area contributed by atoms with Crippen LogP contribution in [0.15, 0.2) is 170 Å². The third-order valence-corrected chi connectivity index (χ3v) is 16.0. The number of unbranched alkanes of at least 4 members (excludes halogenated alkanes) is 32. The van der Waals surface area contributed by atoms with E-state index in [9.17, 15) is 14.7 Å². The van der Waals surface area contributed by atoms with Crippen LogP contribution in [-0.4, -0.2) is 36.4 Å². The van der Waals surface area contributed by atoms with Gasteiger partial charge in [-0.15, -0.1) is 0 Å². The van der Waals surface area contributed by atoms with E-state index in [0.29, 0.717) is 12.8 Å². The van der Waals surface area contributed by atoms with E-state index in [1.54, 1.807) is 0 Å². The number of hydrogen-bond donors (Lipinski definition) is 1. The van der Waals surface area contributed by atoms with Crippen molar-refractivity contribution in [1.82, 2.24) is 0 Å². The molecule has 0 aromatic heterocycles. The number of hydrogen-bond acceptors (Lipinski definition) is 5. The molecule has 0 radical (unpaired) electrons. The predicted molar refractivity (Wildman–Crippen MR) is 398 cm³/mol. The normalized spacial score (nSPS) is 13.2. The first-order valence-electron chi connectivity index (χ1n) is 37.7. The van der Waals surface area contributed by atoms with Gasteiger partial charge in [-0.25, -0.2) is 0 Å². The molecule has 0 heterocycles. The summed E-state index contributed by atoms with van der Waals surface area (Å²) in [4.78, 5) is 24.7. The monoisotopic (exact) mass is 1240 g/mol. The van der Waals surface area contributed by atoms with Crippen molar-refractivity contribution < 1.29 is 24.2 Å². The highest BCUT2D eigenvalue weighted by Crippen LogP contribution is 2.18. The average molecular weight is 1240 g/mol. The molecule has 1 N–H and O–H groups in total. The van der Waals surface area contributed by atoms with Gasteiger partial charge in [0, 0.05) is 12.8 Å². The van der Waals surface area contributed by atoms with E-state index in [1.807, 2.05) is 0 Å². The zero-order valence-corrected chi connectivity index (χ0v) is 58.6. The number of aliphatic hydroxyl groups excluding tert-OH is 1. The number of aliphatic hydroxyl groups is 1. The molecule has 0 aromatic rings. The molecule has 5 heteroatoms. The lowest BCUT2D eigenvalue weighted by Gasteiger charge is -2.15. The van der Waals surface area contributed by atoms with Crippen LogP contribution in [0, 0.1) is 0 Å². The molecule has 0 bridgehead atoms. The van der Waals surface area contributed by atoms with E-state index in [1.165, 1.54) is 180 Å². The van der Waals surface area contributed by atoms with Crippen molar-refractivity contribution >= 4 is 11.9 Å². The lowest BCUT2D eigenvalue weighted by molar-refractivity contribution is -0.161. The Balaban J connectivity index is 3.51. The highest BCUT2D eigenvalue weighted by molar-refractivity contribution is 5.70. The SMILES string of the molecule is CC/C=C\C/C=C\C/C=C\C/C=C\C/C=C\C/C=C\C/C=C\C/C=C\C/C=C\C/C=C\CCCCCCCCCCCCC(=O)OC(CO)COC(=O)CCCCCCCCCCCCCCCCCCCCCCCC/C=C\C/C=C\C/C=C\C/C=C\CC. The van der Waals surface area contributed by atoms with Crippen LogP contribution >= 0.6 is 0 Å². The Kier molecular flexibility index (Phi) is 74.4. The van der Waals surface area contributed by atoms with Crippen LogP contribution in [-0.2, 0) is 19.1 Å². The van der Waals surface area contributed by atoms with Crippen molar-refractivity contribution in [2.75, 3.05) is 13.2 Å². The molecule has 0 saturated carbocycles. The van der Waals surface area contributed by atoms with E-state index in [-0.39, 0.29) is 25.2 Å². The van der Waals surface area contributed by atoms with Crippen LogP contribution in [0.5, 0.6) is 0 Å². The van der Waals surface area contributed by atoms with Gasteiger partial charge in [0.25, 0.3) is 0 Å². The molecular weight excluding hydrogens is 1100 g/mol. The second-order valence-electron chi connectivity index (χ2n) is 24.6. The third kappa shape index (κ3) is 75.7. The molecule has 0 rings (SSSR count). The summed E-state index contributed by atoms with van der Waals surface area (Å²) in [6, 6.07) is 0. The number of ether oxygens (including phenoxy) is 2. The third-order valence-electron chi connectivity index (χ3n) is 16.0. The molecule has 0 saturated heterocycles.